The van der Waals surface area contributed by atoms with Crippen molar-refractivity contribution >= 4 is 23.5 Å². The van der Waals surface area contributed by atoms with Crippen LogP contribution in [0, 0.1) is 0 Å². The van der Waals surface area contributed by atoms with E-state index in [1.54, 1.807) is 18.3 Å². The number of thioether (sulfide) groups is 1. The summed E-state index contributed by atoms with van der Waals surface area (Å²) in [5, 5.41) is 0.600. The minimum absolute atomic E-state index is 0.178. The van der Waals surface area contributed by atoms with E-state index in [-0.39, 0.29) is 12.4 Å². The van der Waals surface area contributed by atoms with Crippen molar-refractivity contribution in [1.29, 1.82) is 0 Å². The zero-order valence-electron chi connectivity index (χ0n) is 12.9. The molecule has 0 atom stereocenters. The molecule has 0 radical (unpaired) electrons. The monoisotopic (exact) mass is 327 g/mol. The van der Waals surface area contributed by atoms with Gasteiger partial charge in [0, 0.05) is 11.8 Å². The molecule has 4 nitrogen and oxygen atoms in total. The molecular formula is C18H17NO3S. The Labute approximate surface area is 139 Å². The topological polar surface area (TPSA) is 56.3 Å². The largest absolute Gasteiger partial charge is 0.454 e. The number of carbonyl (C=O) groups excluding carboxylic acids is 2. The van der Waals surface area contributed by atoms with E-state index in [0.29, 0.717) is 16.2 Å². The fraction of sp³-hybridized carbons (Fsp3) is 0.278. The van der Waals surface area contributed by atoms with Crippen LogP contribution in [-0.2, 0) is 17.6 Å². The molecule has 0 saturated heterocycles. The lowest BCUT2D eigenvalue weighted by Gasteiger charge is -2.08. The number of nitrogens with zero attached hydrogens (tertiary/aromatic N) is 1. The third-order valence-electron chi connectivity index (χ3n) is 3.94. The molecule has 0 N–H and O–H groups in total. The molecule has 0 spiro atoms. The maximum Gasteiger partial charge on any atom is 0.341 e. The number of esters is 1. The molecule has 0 bridgehead atoms. The highest BCUT2D eigenvalue weighted by Gasteiger charge is 2.17. The van der Waals surface area contributed by atoms with E-state index < -0.39 is 5.97 Å². The standard InChI is InChI=1S/C18H17NO3S/c1-23-17-15(6-3-9-19-17)18(21)22-11-16(20)14-8-7-12-4-2-5-13(12)10-14/h3,6-10H,2,4-5,11H2,1H3. The minimum atomic E-state index is -0.517. The van der Waals surface area contributed by atoms with Gasteiger partial charge in [-0.05, 0) is 54.8 Å². The number of Topliss-reactive ketones (excluding diaryl/α,β-unsaturated/α-hetero) is 1. The second-order valence-electron chi connectivity index (χ2n) is 5.40. The van der Waals surface area contributed by atoms with Crippen molar-refractivity contribution in [2.45, 2.75) is 24.3 Å². The van der Waals surface area contributed by atoms with Crippen LogP contribution in [0.5, 0.6) is 0 Å². The van der Waals surface area contributed by atoms with Crippen LogP contribution < -0.4 is 0 Å². The molecule has 1 aliphatic rings. The van der Waals surface area contributed by atoms with Crippen LogP contribution in [-0.4, -0.2) is 29.6 Å². The predicted molar refractivity (Wildman–Crippen MR) is 89.1 cm³/mol. The van der Waals surface area contributed by atoms with Gasteiger partial charge >= 0.3 is 5.97 Å². The van der Waals surface area contributed by atoms with Gasteiger partial charge in [-0.15, -0.1) is 11.8 Å². The van der Waals surface area contributed by atoms with E-state index in [0.717, 1.165) is 19.3 Å². The summed E-state index contributed by atoms with van der Waals surface area (Å²) in [7, 11) is 0. The maximum absolute atomic E-state index is 12.2. The van der Waals surface area contributed by atoms with Crippen LogP contribution in [0.2, 0.25) is 0 Å². The van der Waals surface area contributed by atoms with Crippen LogP contribution >= 0.6 is 11.8 Å². The number of carbonyl (C=O) groups is 2. The average molecular weight is 327 g/mol. The Balaban J connectivity index is 1.66. The van der Waals surface area contributed by atoms with Crippen LogP contribution in [0.25, 0.3) is 0 Å². The van der Waals surface area contributed by atoms with E-state index in [9.17, 15) is 9.59 Å². The summed E-state index contributed by atoms with van der Waals surface area (Å²) in [4.78, 5) is 28.5. The quantitative estimate of drug-likeness (QED) is 0.479. The van der Waals surface area contributed by atoms with Gasteiger partial charge in [0.05, 0.1) is 5.56 Å². The van der Waals surface area contributed by atoms with E-state index >= 15 is 0 Å². The van der Waals surface area contributed by atoms with Crippen molar-refractivity contribution in [2.75, 3.05) is 12.9 Å². The summed E-state index contributed by atoms with van der Waals surface area (Å²) >= 11 is 1.37. The first kappa shape index (κ1) is 15.7. The molecule has 0 aliphatic heterocycles. The molecule has 0 saturated carbocycles. The molecule has 0 fully saturated rings. The van der Waals surface area contributed by atoms with Gasteiger partial charge in [-0.2, -0.15) is 0 Å². The van der Waals surface area contributed by atoms with Gasteiger partial charge in [0.2, 0.25) is 0 Å². The third-order valence-corrected chi connectivity index (χ3v) is 4.65. The van der Waals surface area contributed by atoms with Gasteiger partial charge in [0.25, 0.3) is 0 Å². The number of benzene rings is 1. The highest BCUT2D eigenvalue weighted by molar-refractivity contribution is 7.98. The van der Waals surface area contributed by atoms with Crippen molar-refractivity contribution in [3.05, 3.63) is 58.8 Å². The first-order valence-corrected chi connectivity index (χ1v) is 8.72. The number of hydrogen-bond acceptors (Lipinski definition) is 5. The summed E-state index contributed by atoms with van der Waals surface area (Å²) in [6.45, 7) is -0.250. The van der Waals surface area contributed by atoms with Gasteiger partial charge in [-0.3, -0.25) is 4.79 Å². The molecule has 118 valence electrons. The van der Waals surface area contributed by atoms with Gasteiger partial charge in [0.15, 0.2) is 12.4 Å². The van der Waals surface area contributed by atoms with Crippen LogP contribution in [0.3, 0.4) is 0 Å². The number of hydrogen-bond donors (Lipinski definition) is 0. The Morgan fingerprint density at radius 3 is 2.87 bits per heavy atom. The summed E-state index contributed by atoms with van der Waals surface area (Å²) < 4.78 is 5.16. The van der Waals surface area contributed by atoms with Crippen molar-refractivity contribution < 1.29 is 14.3 Å². The zero-order valence-corrected chi connectivity index (χ0v) is 13.7. The summed E-state index contributed by atoms with van der Waals surface area (Å²) in [6, 6.07) is 9.08. The number of pyridine rings is 1. The van der Waals surface area contributed by atoms with Gasteiger partial charge in [0.1, 0.15) is 5.03 Å². The van der Waals surface area contributed by atoms with Crippen molar-refractivity contribution in [2.24, 2.45) is 0 Å². The number of rotatable bonds is 5. The lowest BCUT2D eigenvalue weighted by Crippen LogP contribution is -2.15. The molecule has 3 rings (SSSR count). The smallest absolute Gasteiger partial charge is 0.341 e. The SMILES string of the molecule is CSc1ncccc1C(=O)OCC(=O)c1ccc2c(c1)CCC2. The Morgan fingerprint density at radius 1 is 1.22 bits per heavy atom. The maximum atomic E-state index is 12.2. The normalized spacial score (nSPS) is 12.7. The highest BCUT2D eigenvalue weighted by Crippen LogP contribution is 2.23. The molecule has 0 unspecified atom stereocenters. The predicted octanol–water partition coefficient (Wildman–Crippen LogP) is 3.33. The highest BCUT2D eigenvalue weighted by atomic mass is 32.2. The molecular weight excluding hydrogens is 310 g/mol. The fourth-order valence-corrected chi connectivity index (χ4v) is 3.28. The van der Waals surface area contributed by atoms with E-state index in [1.807, 2.05) is 24.5 Å². The summed E-state index contributed by atoms with van der Waals surface area (Å²) in [6.07, 6.45) is 6.70. The van der Waals surface area contributed by atoms with Crippen molar-refractivity contribution in [1.82, 2.24) is 4.98 Å². The molecule has 23 heavy (non-hydrogen) atoms. The number of fused-ring (bicyclic) bond motifs is 1. The molecule has 2 aromatic rings. The zero-order chi connectivity index (χ0) is 16.2. The van der Waals surface area contributed by atoms with Crippen molar-refractivity contribution in [3.63, 3.8) is 0 Å². The second-order valence-corrected chi connectivity index (χ2v) is 6.19. The van der Waals surface area contributed by atoms with E-state index in [1.165, 1.54) is 22.9 Å². The third kappa shape index (κ3) is 3.45. The van der Waals surface area contributed by atoms with Gasteiger partial charge < -0.3 is 4.74 Å². The average Bonchev–Trinajstić information content (AvgIpc) is 3.06. The minimum Gasteiger partial charge on any atom is -0.454 e. The molecule has 1 aromatic heterocycles. The van der Waals surface area contributed by atoms with E-state index in [4.69, 9.17) is 4.74 Å². The Morgan fingerprint density at radius 2 is 2.04 bits per heavy atom. The molecule has 1 heterocycles. The lowest BCUT2D eigenvalue weighted by atomic mass is 10.0. The van der Waals surface area contributed by atoms with Crippen LogP contribution in [0.15, 0.2) is 41.6 Å². The molecule has 5 heteroatoms. The van der Waals surface area contributed by atoms with Gasteiger partial charge in [-0.1, -0.05) is 12.1 Å². The summed E-state index contributed by atoms with van der Waals surface area (Å²) in [5.41, 5.74) is 3.55. The van der Waals surface area contributed by atoms with Crippen LogP contribution in [0.1, 0.15) is 38.3 Å². The van der Waals surface area contributed by atoms with Crippen LogP contribution in [0.4, 0.5) is 0 Å². The second kappa shape index (κ2) is 6.96. The van der Waals surface area contributed by atoms with Gasteiger partial charge in [-0.25, -0.2) is 9.78 Å². The van der Waals surface area contributed by atoms with E-state index in [2.05, 4.69) is 4.98 Å². The molecule has 0 amide bonds. The number of ketones is 1. The number of aromatic nitrogens is 1. The Bertz CT molecular complexity index is 758. The van der Waals surface area contributed by atoms with Crippen molar-refractivity contribution in [3.8, 4) is 0 Å². The number of ether oxygens (including phenoxy) is 1. The summed E-state index contributed by atoms with van der Waals surface area (Å²) in [5.74, 6) is -0.695. The molecule has 1 aromatic carbocycles. The Hall–Kier alpha value is -2.14. The fourth-order valence-electron chi connectivity index (χ4n) is 2.75. The Kier molecular flexibility index (Phi) is 4.76. The molecule has 1 aliphatic carbocycles. The first-order valence-electron chi connectivity index (χ1n) is 7.50. The number of aryl methyl sites for hydroxylation is 2. The lowest BCUT2D eigenvalue weighted by molar-refractivity contribution is 0.0470. The first-order chi connectivity index (χ1) is 11.2.